The number of nitrogens with one attached hydrogen (secondary N) is 1. The molecule has 0 atom stereocenters. The lowest BCUT2D eigenvalue weighted by Crippen LogP contribution is -1.86. The number of carboxylic acid groups (broad SMARTS) is 1. The van der Waals surface area contributed by atoms with Crippen LogP contribution in [-0.2, 0) is 4.79 Å². The molecule has 4 rings (SSSR count). The van der Waals surface area contributed by atoms with E-state index in [9.17, 15) is 4.79 Å². The highest BCUT2D eigenvalue weighted by atomic mass is 35.5. The third-order valence-corrected chi connectivity index (χ3v) is 5.44. The van der Waals surface area contributed by atoms with Crippen molar-refractivity contribution in [1.29, 1.82) is 0 Å². The van der Waals surface area contributed by atoms with Crippen LogP contribution >= 0.6 is 23.2 Å². The van der Waals surface area contributed by atoms with Gasteiger partial charge in [-0.2, -0.15) is 0 Å². The number of methoxy groups -OCH3 is 2. The average Bonchev–Trinajstić information content (AvgIpc) is 3.36. The molecule has 0 bridgehead atoms. The topological polar surface area (TPSA) is 84.4 Å². The Morgan fingerprint density at radius 3 is 1.97 bits per heavy atom. The molecule has 6 nitrogen and oxygen atoms in total. The quantitative estimate of drug-likeness (QED) is 0.247. The number of hydrogen-bond acceptors (Lipinski definition) is 4. The Morgan fingerprint density at radius 2 is 1.44 bits per heavy atom. The summed E-state index contributed by atoms with van der Waals surface area (Å²) in [5.41, 5.74) is 3.52. The summed E-state index contributed by atoms with van der Waals surface area (Å²) in [4.78, 5) is 17.8. The van der Waals surface area contributed by atoms with Gasteiger partial charge < -0.3 is 19.6 Å². The smallest absolute Gasteiger partial charge is 0.328 e. The molecule has 4 aromatic rings. The number of aromatic nitrogens is 2. The minimum Gasteiger partial charge on any atom is -0.497 e. The molecule has 3 aromatic carbocycles. The monoisotopic (exact) mass is 522 g/mol. The maximum atomic E-state index is 10.2. The van der Waals surface area contributed by atoms with E-state index in [1.807, 2.05) is 48.7 Å². The van der Waals surface area contributed by atoms with Crippen molar-refractivity contribution in [1.82, 2.24) is 9.97 Å². The predicted molar refractivity (Wildman–Crippen MR) is 146 cm³/mol. The number of halogens is 2. The van der Waals surface area contributed by atoms with E-state index < -0.39 is 5.97 Å². The molecule has 0 saturated carbocycles. The van der Waals surface area contributed by atoms with Gasteiger partial charge in [0, 0.05) is 22.9 Å². The van der Waals surface area contributed by atoms with E-state index in [0.29, 0.717) is 10.0 Å². The van der Waals surface area contributed by atoms with E-state index in [-0.39, 0.29) is 0 Å². The first-order chi connectivity index (χ1) is 17.4. The number of rotatable bonds is 7. The van der Waals surface area contributed by atoms with Gasteiger partial charge in [-0.1, -0.05) is 53.5 Å². The first kappa shape index (κ1) is 26.6. The molecule has 0 aliphatic carbocycles. The van der Waals surface area contributed by atoms with Gasteiger partial charge in [-0.25, -0.2) is 9.78 Å². The molecule has 2 N–H and O–H groups in total. The SMILES string of the molecule is COc1ccc(/C=C/C(=O)O)cc1.COc1ccc(/C=C/c2nc(-c3ccc(Cl)cc3Cl)c[nH]2)cc1. The molecule has 0 radical (unpaired) electrons. The Hall–Kier alpha value is -4.00. The summed E-state index contributed by atoms with van der Waals surface area (Å²) in [5, 5.41) is 9.55. The van der Waals surface area contributed by atoms with Crippen LogP contribution in [0.4, 0.5) is 0 Å². The van der Waals surface area contributed by atoms with Crippen LogP contribution in [0, 0.1) is 0 Å². The summed E-state index contributed by atoms with van der Waals surface area (Å²) in [6.45, 7) is 0. The average molecular weight is 523 g/mol. The summed E-state index contributed by atoms with van der Waals surface area (Å²) >= 11 is 12.1. The largest absolute Gasteiger partial charge is 0.497 e. The fourth-order valence-corrected chi connectivity index (χ4v) is 3.54. The van der Waals surface area contributed by atoms with E-state index in [0.717, 1.165) is 45.8 Å². The van der Waals surface area contributed by atoms with Crippen molar-refractivity contribution in [3.05, 3.63) is 106 Å². The van der Waals surface area contributed by atoms with Gasteiger partial charge in [0.05, 0.1) is 24.9 Å². The molecule has 0 fully saturated rings. The number of H-pyrrole nitrogens is 1. The van der Waals surface area contributed by atoms with Gasteiger partial charge in [-0.3, -0.25) is 0 Å². The van der Waals surface area contributed by atoms with E-state index in [2.05, 4.69) is 9.97 Å². The Labute approximate surface area is 219 Å². The van der Waals surface area contributed by atoms with Crippen LogP contribution in [0.15, 0.2) is 79.0 Å². The zero-order valence-corrected chi connectivity index (χ0v) is 21.1. The molecule has 0 aliphatic heterocycles. The van der Waals surface area contributed by atoms with Crippen molar-refractivity contribution < 1.29 is 19.4 Å². The highest BCUT2D eigenvalue weighted by molar-refractivity contribution is 6.36. The van der Waals surface area contributed by atoms with Crippen molar-refractivity contribution in [3.63, 3.8) is 0 Å². The van der Waals surface area contributed by atoms with Gasteiger partial charge in [-0.05, 0) is 65.7 Å². The number of carboxylic acids is 1. The molecule has 0 saturated heterocycles. The molecule has 0 unspecified atom stereocenters. The van der Waals surface area contributed by atoms with Gasteiger partial charge in [0.1, 0.15) is 17.3 Å². The van der Waals surface area contributed by atoms with Gasteiger partial charge in [0.15, 0.2) is 0 Å². The van der Waals surface area contributed by atoms with Crippen molar-refractivity contribution in [2.45, 2.75) is 0 Å². The number of benzene rings is 3. The summed E-state index contributed by atoms with van der Waals surface area (Å²) in [6.07, 6.45) is 8.34. The maximum absolute atomic E-state index is 10.2. The second kappa shape index (κ2) is 13.2. The zero-order chi connectivity index (χ0) is 25.9. The number of nitrogens with zero attached hydrogens (tertiary/aromatic N) is 1. The fraction of sp³-hybridized carbons (Fsp3) is 0.0714. The Bertz CT molecular complexity index is 1340. The number of carbonyl (C=O) groups is 1. The number of hydrogen-bond donors (Lipinski definition) is 2. The summed E-state index contributed by atoms with van der Waals surface area (Å²) in [6, 6.07) is 20.3. The molecular weight excluding hydrogens is 499 g/mol. The van der Waals surface area contributed by atoms with Crippen LogP contribution in [0.1, 0.15) is 17.0 Å². The number of aromatic amines is 1. The molecule has 0 amide bonds. The molecule has 8 heteroatoms. The second-order valence-corrected chi connectivity index (χ2v) is 8.19. The molecule has 36 heavy (non-hydrogen) atoms. The lowest BCUT2D eigenvalue weighted by molar-refractivity contribution is -0.131. The van der Waals surface area contributed by atoms with E-state index in [4.69, 9.17) is 37.8 Å². The normalized spacial score (nSPS) is 10.8. The van der Waals surface area contributed by atoms with Crippen LogP contribution < -0.4 is 9.47 Å². The first-order valence-corrected chi connectivity index (χ1v) is 11.5. The minimum atomic E-state index is -0.948. The van der Waals surface area contributed by atoms with Crippen LogP contribution in [-0.4, -0.2) is 35.3 Å². The third kappa shape index (κ3) is 8.05. The molecule has 1 heterocycles. The number of imidazole rings is 1. The lowest BCUT2D eigenvalue weighted by atomic mass is 10.2. The lowest BCUT2D eigenvalue weighted by Gasteiger charge is -2.00. The number of ether oxygens (including phenoxy) is 2. The van der Waals surface area contributed by atoms with Crippen molar-refractivity contribution in [2.24, 2.45) is 0 Å². The highest BCUT2D eigenvalue weighted by Crippen LogP contribution is 2.29. The Kier molecular flexibility index (Phi) is 9.74. The molecule has 0 aliphatic rings. The van der Waals surface area contributed by atoms with Crippen LogP contribution in [0.5, 0.6) is 11.5 Å². The maximum Gasteiger partial charge on any atom is 0.328 e. The second-order valence-electron chi connectivity index (χ2n) is 7.35. The first-order valence-electron chi connectivity index (χ1n) is 10.8. The van der Waals surface area contributed by atoms with Crippen molar-refractivity contribution in [3.8, 4) is 22.8 Å². The standard InChI is InChI=1S/C18H14Cl2N2O.C10H10O3/c1-23-14-6-2-12(3-7-14)4-9-18-21-11-17(22-18)15-8-5-13(19)10-16(15)20;1-13-9-5-2-8(3-6-9)4-7-10(11)12/h2-11H,1H3,(H,21,22);2-7H,1H3,(H,11,12)/b9-4+;7-4+. The third-order valence-electron chi connectivity index (χ3n) is 4.89. The Morgan fingerprint density at radius 1 is 0.861 bits per heavy atom. The van der Waals surface area contributed by atoms with Crippen LogP contribution in [0.25, 0.3) is 29.5 Å². The molecular formula is C28H24Cl2N2O4. The predicted octanol–water partition coefficient (Wildman–Crippen LogP) is 7.36. The van der Waals surface area contributed by atoms with Gasteiger partial charge in [-0.15, -0.1) is 0 Å². The zero-order valence-electron chi connectivity index (χ0n) is 19.6. The van der Waals surface area contributed by atoms with Gasteiger partial charge in [0.25, 0.3) is 0 Å². The van der Waals surface area contributed by atoms with Gasteiger partial charge in [0.2, 0.25) is 0 Å². The van der Waals surface area contributed by atoms with Crippen LogP contribution in [0.3, 0.4) is 0 Å². The minimum absolute atomic E-state index is 0.578. The van der Waals surface area contributed by atoms with E-state index in [1.54, 1.807) is 50.6 Å². The summed E-state index contributed by atoms with van der Waals surface area (Å²) in [5.74, 6) is 1.39. The van der Waals surface area contributed by atoms with Gasteiger partial charge >= 0.3 is 5.97 Å². The van der Waals surface area contributed by atoms with Crippen molar-refractivity contribution in [2.75, 3.05) is 14.2 Å². The Balaban J connectivity index is 0.000000236. The van der Waals surface area contributed by atoms with E-state index in [1.165, 1.54) is 6.08 Å². The molecule has 184 valence electrons. The van der Waals surface area contributed by atoms with Crippen LogP contribution in [0.2, 0.25) is 10.0 Å². The summed E-state index contributed by atoms with van der Waals surface area (Å²) in [7, 11) is 3.24. The summed E-state index contributed by atoms with van der Waals surface area (Å²) < 4.78 is 10.1. The molecule has 1 aromatic heterocycles. The fourth-order valence-electron chi connectivity index (χ4n) is 3.03. The molecule has 0 spiro atoms. The van der Waals surface area contributed by atoms with Crippen molar-refractivity contribution >= 4 is 47.4 Å². The highest BCUT2D eigenvalue weighted by Gasteiger charge is 2.07. The number of aliphatic carboxylic acids is 1. The van der Waals surface area contributed by atoms with E-state index >= 15 is 0 Å².